The van der Waals surface area contributed by atoms with Gasteiger partial charge < -0.3 is 4.90 Å². The van der Waals surface area contributed by atoms with Crippen molar-refractivity contribution >= 4 is 23.4 Å². The second kappa shape index (κ2) is 8.86. The highest BCUT2D eigenvalue weighted by Crippen LogP contribution is 2.25. The molecule has 1 aromatic carbocycles. The van der Waals surface area contributed by atoms with Crippen molar-refractivity contribution in [3.63, 3.8) is 0 Å². The van der Waals surface area contributed by atoms with Gasteiger partial charge in [0.15, 0.2) is 0 Å². The summed E-state index contributed by atoms with van der Waals surface area (Å²) in [6.07, 6.45) is 1.83. The van der Waals surface area contributed by atoms with Crippen LogP contribution in [-0.4, -0.2) is 23.2 Å². The molecule has 5 nitrogen and oxygen atoms in total. The van der Waals surface area contributed by atoms with Crippen LogP contribution < -0.4 is 4.90 Å². The van der Waals surface area contributed by atoms with E-state index >= 15 is 0 Å². The van der Waals surface area contributed by atoms with Gasteiger partial charge in [-0.2, -0.15) is 10.5 Å². The number of carbonyl (C=O) groups excluding carboxylic acids is 1. The number of hydrogen-bond donors (Lipinski definition) is 0. The Balaban J connectivity index is 2.17. The molecule has 25 heavy (non-hydrogen) atoms. The number of aromatic nitrogens is 1. The third kappa shape index (κ3) is 4.82. The molecule has 0 bridgehead atoms. The Morgan fingerprint density at radius 3 is 2.80 bits per heavy atom. The van der Waals surface area contributed by atoms with E-state index in [0.29, 0.717) is 17.1 Å². The van der Waals surface area contributed by atoms with Crippen molar-refractivity contribution in [2.24, 2.45) is 0 Å². The summed E-state index contributed by atoms with van der Waals surface area (Å²) in [5, 5.41) is 18.5. The lowest BCUT2D eigenvalue weighted by atomic mass is 10.1. The molecule has 0 aliphatic rings. The Bertz CT molecular complexity index is 851. The Hall–Kier alpha value is -2.83. The number of amides is 1. The Morgan fingerprint density at radius 2 is 2.08 bits per heavy atom. The van der Waals surface area contributed by atoms with Gasteiger partial charge in [-0.25, -0.2) is 4.98 Å². The molecule has 6 heteroatoms. The molecule has 0 aliphatic heterocycles. The van der Waals surface area contributed by atoms with Gasteiger partial charge in [-0.3, -0.25) is 4.79 Å². The third-order valence-electron chi connectivity index (χ3n) is 3.82. The molecule has 0 spiro atoms. The molecule has 2 aromatic rings. The largest absolute Gasteiger partial charge is 0.310 e. The van der Waals surface area contributed by atoms with Gasteiger partial charge in [0.1, 0.15) is 0 Å². The summed E-state index contributed by atoms with van der Waals surface area (Å²) in [6, 6.07) is 13.3. The van der Waals surface area contributed by atoms with Crippen molar-refractivity contribution in [2.45, 2.75) is 25.3 Å². The highest BCUT2D eigenvalue weighted by molar-refractivity contribution is 7.99. The van der Waals surface area contributed by atoms with Crippen molar-refractivity contribution in [3.8, 4) is 12.1 Å². The average molecular weight is 350 g/mol. The highest BCUT2D eigenvalue weighted by Gasteiger charge is 2.18. The molecule has 0 N–H and O–H groups in total. The number of aryl methyl sites for hydroxylation is 1. The van der Waals surface area contributed by atoms with Crippen LogP contribution in [0.15, 0.2) is 41.6 Å². The first-order chi connectivity index (χ1) is 12.1. The van der Waals surface area contributed by atoms with Crippen LogP contribution in [0.4, 0.5) is 5.69 Å². The number of hydrogen-bond acceptors (Lipinski definition) is 5. The maximum absolute atomic E-state index is 12.7. The van der Waals surface area contributed by atoms with Gasteiger partial charge in [0.2, 0.25) is 5.91 Å². The minimum absolute atomic E-state index is 0.0851. The highest BCUT2D eigenvalue weighted by atomic mass is 32.2. The number of nitriles is 2. The van der Waals surface area contributed by atoms with E-state index in [2.05, 4.69) is 17.1 Å². The van der Waals surface area contributed by atoms with Crippen LogP contribution in [0.5, 0.6) is 0 Å². The summed E-state index contributed by atoms with van der Waals surface area (Å²) in [7, 11) is 0. The van der Waals surface area contributed by atoms with Crippen LogP contribution >= 0.6 is 11.8 Å². The van der Waals surface area contributed by atoms with E-state index in [0.717, 1.165) is 16.8 Å². The van der Waals surface area contributed by atoms with Crippen molar-refractivity contribution in [3.05, 3.63) is 53.2 Å². The number of nitrogens with zero attached hydrogens (tertiary/aromatic N) is 4. The topological polar surface area (TPSA) is 80.8 Å². The maximum atomic E-state index is 12.7. The van der Waals surface area contributed by atoms with E-state index in [4.69, 9.17) is 10.5 Å². The van der Waals surface area contributed by atoms with Crippen LogP contribution in [0, 0.1) is 36.5 Å². The van der Waals surface area contributed by atoms with E-state index < -0.39 is 0 Å². The molecule has 1 aromatic heterocycles. The first-order valence-corrected chi connectivity index (χ1v) is 8.78. The van der Waals surface area contributed by atoms with Crippen molar-refractivity contribution in [1.82, 2.24) is 4.98 Å². The zero-order valence-electron chi connectivity index (χ0n) is 14.2. The van der Waals surface area contributed by atoms with Gasteiger partial charge >= 0.3 is 0 Å². The molecular weight excluding hydrogens is 332 g/mol. The monoisotopic (exact) mass is 350 g/mol. The standard InChI is InChI=1S/C19H18N4OS/c1-14-5-3-6-17(15(14)2)23(10-4-8-20)19(24)13-25-18-11-16(12-21)7-9-22-18/h3,5-7,9,11H,4,10,13H2,1-2H3. The first-order valence-electron chi connectivity index (χ1n) is 7.79. The lowest BCUT2D eigenvalue weighted by Gasteiger charge is -2.24. The predicted octanol–water partition coefficient (Wildman–Crippen LogP) is 3.61. The minimum Gasteiger partial charge on any atom is -0.310 e. The van der Waals surface area contributed by atoms with Crippen molar-refractivity contribution < 1.29 is 4.79 Å². The number of rotatable bonds is 6. The summed E-state index contributed by atoms with van der Waals surface area (Å²) in [5.74, 6) is 0.110. The van der Waals surface area contributed by atoms with Crippen LogP contribution in [-0.2, 0) is 4.79 Å². The number of thioether (sulfide) groups is 1. The lowest BCUT2D eigenvalue weighted by Crippen LogP contribution is -2.34. The van der Waals surface area contributed by atoms with Crippen LogP contribution in [0.1, 0.15) is 23.1 Å². The second-order valence-electron chi connectivity index (χ2n) is 5.46. The molecule has 0 saturated heterocycles. The molecule has 1 heterocycles. The van der Waals surface area contributed by atoms with E-state index in [1.807, 2.05) is 32.0 Å². The summed E-state index contributed by atoms with van der Waals surface area (Å²) in [5.41, 5.74) is 3.48. The molecule has 0 unspecified atom stereocenters. The van der Waals surface area contributed by atoms with Gasteiger partial charge in [0.25, 0.3) is 0 Å². The molecule has 0 atom stereocenters. The third-order valence-corrected chi connectivity index (χ3v) is 4.73. The molecule has 0 aliphatic carbocycles. The SMILES string of the molecule is Cc1cccc(N(CCC#N)C(=O)CSc2cc(C#N)ccn2)c1C. The quantitative estimate of drug-likeness (QED) is 0.743. The Labute approximate surface area is 151 Å². The Morgan fingerprint density at radius 1 is 1.28 bits per heavy atom. The average Bonchev–Trinajstić information content (AvgIpc) is 2.63. The van der Waals surface area contributed by atoms with Crippen molar-refractivity contribution in [2.75, 3.05) is 17.2 Å². The van der Waals surface area contributed by atoms with E-state index in [1.54, 1.807) is 23.2 Å². The molecule has 0 saturated carbocycles. The normalized spacial score (nSPS) is 9.92. The summed E-state index contributed by atoms with van der Waals surface area (Å²) < 4.78 is 0. The number of carbonyl (C=O) groups is 1. The molecule has 0 radical (unpaired) electrons. The molecule has 126 valence electrons. The Kier molecular flexibility index (Phi) is 6.56. The smallest absolute Gasteiger partial charge is 0.237 e. The number of anilines is 1. The van der Waals surface area contributed by atoms with Gasteiger partial charge in [-0.05, 0) is 43.2 Å². The summed E-state index contributed by atoms with van der Waals surface area (Å²) in [4.78, 5) is 18.6. The molecule has 1 amide bonds. The maximum Gasteiger partial charge on any atom is 0.237 e. The lowest BCUT2D eigenvalue weighted by molar-refractivity contribution is -0.116. The van der Waals surface area contributed by atoms with E-state index in [1.165, 1.54) is 11.8 Å². The molecular formula is C19H18N4OS. The van der Waals surface area contributed by atoms with Gasteiger partial charge in [-0.15, -0.1) is 0 Å². The van der Waals surface area contributed by atoms with Gasteiger partial charge in [0, 0.05) is 18.4 Å². The van der Waals surface area contributed by atoms with Gasteiger partial charge in [-0.1, -0.05) is 23.9 Å². The second-order valence-corrected chi connectivity index (χ2v) is 6.45. The minimum atomic E-state index is -0.0851. The summed E-state index contributed by atoms with van der Waals surface area (Å²) >= 11 is 1.29. The molecule has 2 rings (SSSR count). The van der Waals surface area contributed by atoms with E-state index in [-0.39, 0.29) is 18.1 Å². The fraction of sp³-hybridized carbons (Fsp3) is 0.263. The first kappa shape index (κ1) is 18.5. The van der Waals surface area contributed by atoms with E-state index in [9.17, 15) is 4.79 Å². The van der Waals surface area contributed by atoms with Gasteiger partial charge in [0.05, 0.1) is 34.9 Å². The number of pyridine rings is 1. The predicted molar refractivity (Wildman–Crippen MR) is 98.2 cm³/mol. The number of benzene rings is 1. The zero-order valence-corrected chi connectivity index (χ0v) is 15.0. The van der Waals surface area contributed by atoms with Crippen LogP contribution in [0.3, 0.4) is 0 Å². The fourth-order valence-electron chi connectivity index (χ4n) is 2.34. The van der Waals surface area contributed by atoms with Crippen LogP contribution in [0.25, 0.3) is 0 Å². The van der Waals surface area contributed by atoms with Crippen LogP contribution in [0.2, 0.25) is 0 Å². The fourth-order valence-corrected chi connectivity index (χ4v) is 3.11. The van der Waals surface area contributed by atoms with Crippen molar-refractivity contribution in [1.29, 1.82) is 10.5 Å². The summed E-state index contributed by atoms with van der Waals surface area (Å²) in [6.45, 7) is 4.33. The molecule has 0 fully saturated rings. The zero-order chi connectivity index (χ0) is 18.2.